The van der Waals surface area contributed by atoms with Crippen molar-refractivity contribution in [3.63, 3.8) is 0 Å². The van der Waals surface area contributed by atoms with Crippen molar-refractivity contribution in [1.29, 1.82) is 0 Å². The van der Waals surface area contributed by atoms with Gasteiger partial charge in [-0.05, 0) is 44.9 Å². The van der Waals surface area contributed by atoms with E-state index in [4.69, 9.17) is 0 Å². The monoisotopic (exact) mass is 261 g/mol. The van der Waals surface area contributed by atoms with Crippen LogP contribution in [0.15, 0.2) is 18.3 Å². The lowest BCUT2D eigenvalue weighted by Crippen LogP contribution is -2.48. The predicted octanol–water partition coefficient (Wildman–Crippen LogP) is 2.50. The minimum atomic E-state index is -0.255. The van der Waals surface area contributed by atoms with Crippen molar-refractivity contribution in [2.45, 2.75) is 39.5 Å². The number of nitrogens with one attached hydrogen (secondary N) is 2. The van der Waals surface area contributed by atoms with Gasteiger partial charge in [-0.15, -0.1) is 0 Å². The summed E-state index contributed by atoms with van der Waals surface area (Å²) in [6.07, 6.45) is 5.75. The van der Waals surface area contributed by atoms with Gasteiger partial charge >= 0.3 is 0 Å². The van der Waals surface area contributed by atoms with Crippen molar-refractivity contribution in [2.75, 3.05) is 18.4 Å². The normalized spacial score (nSPS) is 23.1. The second-order valence-corrected chi connectivity index (χ2v) is 5.40. The lowest BCUT2D eigenvalue weighted by molar-refractivity contribution is -0.127. The third-order valence-corrected chi connectivity index (χ3v) is 3.94. The number of rotatable bonds is 4. The summed E-state index contributed by atoms with van der Waals surface area (Å²) in [5.74, 6) is 0.137. The molecule has 19 heavy (non-hydrogen) atoms. The van der Waals surface area contributed by atoms with Gasteiger partial charge < -0.3 is 10.6 Å². The highest BCUT2D eigenvalue weighted by Crippen LogP contribution is 2.33. The molecule has 0 aromatic carbocycles. The van der Waals surface area contributed by atoms with E-state index < -0.39 is 0 Å². The molecule has 4 nitrogen and oxygen atoms in total. The summed E-state index contributed by atoms with van der Waals surface area (Å²) < 4.78 is 0. The number of piperidine rings is 1. The maximum atomic E-state index is 12.7. The molecule has 0 aliphatic carbocycles. The van der Waals surface area contributed by atoms with Crippen LogP contribution in [0, 0.1) is 12.3 Å². The molecule has 2 heterocycles. The van der Waals surface area contributed by atoms with Crippen LogP contribution in [0.3, 0.4) is 0 Å². The van der Waals surface area contributed by atoms with E-state index in [9.17, 15) is 4.79 Å². The van der Waals surface area contributed by atoms with E-state index in [0.29, 0.717) is 0 Å². The Morgan fingerprint density at radius 1 is 1.58 bits per heavy atom. The SMILES string of the molecule is CCCC1(C(=O)Nc2cccnc2C)CCCNC1. The van der Waals surface area contributed by atoms with Gasteiger partial charge in [-0.3, -0.25) is 9.78 Å². The van der Waals surface area contributed by atoms with Gasteiger partial charge in [-0.25, -0.2) is 0 Å². The molecule has 0 spiro atoms. The van der Waals surface area contributed by atoms with E-state index in [-0.39, 0.29) is 11.3 Å². The lowest BCUT2D eigenvalue weighted by Gasteiger charge is -2.36. The number of carbonyl (C=O) groups is 1. The minimum absolute atomic E-state index is 0.137. The molecule has 0 radical (unpaired) electrons. The van der Waals surface area contributed by atoms with E-state index in [1.54, 1.807) is 6.20 Å². The predicted molar refractivity (Wildman–Crippen MR) is 77.0 cm³/mol. The summed E-state index contributed by atoms with van der Waals surface area (Å²) in [7, 11) is 0. The maximum absolute atomic E-state index is 12.7. The average molecular weight is 261 g/mol. The largest absolute Gasteiger partial charge is 0.324 e. The Morgan fingerprint density at radius 2 is 2.42 bits per heavy atom. The zero-order valence-electron chi connectivity index (χ0n) is 11.8. The molecule has 1 fully saturated rings. The Labute approximate surface area is 115 Å². The molecule has 1 amide bonds. The van der Waals surface area contributed by atoms with Crippen molar-refractivity contribution in [3.8, 4) is 0 Å². The van der Waals surface area contributed by atoms with Gasteiger partial charge in [0.25, 0.3) is 0 Å². The first-order valence-electron chi connectivity index (χ1n) is 7.12. The molecule has 4 heteroatoms. The molecule has 1 aliphatic rings. The first-order valence-corrected chi connectivity index (χ1v) is 7.12. The van der Waals surface area contributed by atoms with Crippen LogP contribution in [0.1, 0.15) is 38.3 Å². The molecule has 2 rings (SSSR count). The van der Waals surface area contributed by atoms with E-state index in [1.165, 1.54) is 0 Å². The zero-order valence-corrected chi connectivity index (χ0v) is 11.8. The Hall–Kier alpha value is -1.42. The Kier molecular flexibility index (Phi) is 4.53. The quantitative estimate of drug-likeness (QED) is 0.875. The number of pyridine rings is 1. The Bertz CT molecular complexity index is 433. The van der Waals surface area contributed by atoms with Crippen molar-refractivity contribution in [2.24, 2.45) is 5.41 Å². The second-order valence-electron chi connectivity index (χ2n) is 5.40. The van der Waals surface area contributed by atoms with Gasteiger partial charge in [-0.1, -0.05) is 13.3 Å². The molecule has 1 unspecified atom stereocenters. The second kappa shape index (κ2) is 6.15. The number of aryl methyl sites for hydroxylation is 1. The third kappa shape index (κ3) is 3.13. The maximum Gasteiger partial charge on any atom is 0.231 e. The van der Waals surface area contributed by atoms with Crippen LogP contribution >= 0.6 is 0 Å². The highest BCUT2D eigenvalue weighted by molar-refractivity contribution is 5.96. The summed E-state index contributed by atoms with van der Waals surface area (Å²) in [4.78, 5) is 16.9. The van der Waals surface area contributed by atoms with Gasteiger partial charge in [0, 0.05) is 12.7 Å². The standard InChI is InChI=1S/C15H23N3O/c1-3-7-15(8-5-9-16-11-15)14(19)18-13-6-4-10-17-12(13)2/h4,6,10,16H,3,5,7-9,11H2,1-2H3,(H,18,19). The van der Waals surface area contributed by atoms with Crippen LogP contribution in [0.5, 0.6) is 0 Å². The van der Waals surface area contributed by atoms with Crippen molar-refractivity contribution in [1.82, 2.24) is 10.3 Å². The summed E-state index contributed by atoms with van der Waals surface area (Å²) >= 11 is 0. The van der Waals surface area contributed by atoms with Crippen LogP contribution in [-0.2, 0) is 4.79 Å². The number of anilines is 1. The van der Waals surface area contributed by atoms with Crippen LogP contribution in [0.4, 0.5) is 5.69 Å². The third-order valence-electron chi connectivity index (χ3n) is 3.94. The number of hydrogen-bond acceptors (Lipinski definition) is 3. The fraction of sp³-hybridized carbons (Fsp3) is 0.600. The number of carbonyl (C=O) groups excluding carboxylic acids is 1. The summed E-state index contributed by atoms with van der Waals surface area (Å²) in [5, 5.41) is 6.43. The van der Waals surface area contributed by atoms with E-state index in [0.717, 1.165) is 50.2 Å². The van der Waals surface area contributed by atoms with Gasteiger partial charge in [0.2, 0.25) is 5.91 Å². The molecular formula is C15H23N3O. The smallest absolute Gasteiger partial charge is 0.231 e. The first-order chi connectivity index (χ1) is 9.18. The van der Waals surface area contributed by atoms with Crippen LogP contribution in [0.25, 0.3) is 0 Å². The number of hydrogen-bond donors (Lipinski definition) is 2. The Balaban J connectivity index is 2.14. The molecule has 1 aromatic heterocycles. The fourth-order valence-corrected chi connectivity index (χ4v) is 2.84. The summed E-state index contributed by atoms with van der Waals surface area (Å²) in [6, 6.07) is 3.77. The number of aromatic nitrogens is 1. The average Bonchev–Trinajstić information content (AvgIpc) is 2.42. The molecule has 1 atom stereocenters. The first kappa shape index (κ1) is 14.0. The zero-order chi connectivity index (χ0) is 13.7. The Morgan fingerprint density at radius 3 is 3.05 bits per heavy atom. The molecule has 1 aromatic rings. The van der Waals surface area contributed by atoms with Gasteiger partial charge in [0.15, 0.2) is 0 Å². The van der Waals surface area contributed by atoms with E-state index >= 15 is 0 Å². The molecule has 2 N–H and O–H groups in total. The topological polar surface area (TPSA) is 54.0 Å². The molecular weight excluding hydrogens is 238 g/mol. The van der Waals surface area contributed by atoms with Gasteiger partial charge in [0.1, 0.15) is 0 Å². The number of nitrogens with zero attached hydrogens (tertiary/aromatic N) is 1. The minimum Gasteiger partial charge on any atom is -0.324 e. The fourth-order valence-electron chi connectivity index (χ4n) is 2.84. The van der Waals surface area contributed by atoms with Crippen LogP contribution in [-0.4, -0.2) is 24.0 Å². The lowest BCUT2D eigenvalue weighted by atomic mass is 9.76. The molecule has 1 saturated heterocycles. The summed E-state index contributed by atoms with van der Waals surface area (Å²) in [6.45, 7) is 5.86. The van der Waals surface area contributed by atoms with Crippen LogP contribution < -0.4 is 10.6 Å². The van der Waals surface area contributed by atoms with Gasteiger partial charge in [-0.2, -0.15) is 0 Å². The highest BCUT2D eigenvalue weighted by atomic mass is 16.2. The van der Waals surface area contributed by atoms with E-state index in [2.05, 4.69) is 22.5 Å². The van der Waals surface area contributed by atoms with E-state index in [1.807, 2.05) is 19.1 Å². The van der Waals surface area contributed by atoms with Crippen LogP contribution in [0.2, 0.25) is 0 Å². The molecule has 1 aliphatic heterocycles. The number of amides is 1. The summed E-state index contributed by atoms with van der Waals surface area (Å²) in [5.41, 5.74) is 1.44. The van der Waals surface area contributed by atoms with Crippen molar-refractivity contribution >= 4 is 11.6 Å². The van der Waals surface area contributed by atoms with Gasteiger partial charge in [0.05, 0.1) is 16.8 Å². The molecule has 104 valence electrons. The van der Waals surface area contributed by atoms with Crippen molar-refractivity contribution in [3.05, 3.63) is 24.0 Å². The highest BCUT2D eigenvalue weighted by Gasteiger charge is 2.38. The van der Waals surface area contributed by atoms with Crippen molar-refractivity contribution < 1.29 is 4.79 Å². The molecule has 0 bridgehead atoms. The molecule has 0 saturated carbocycles.